The van der Waals surface area contributed by atoms with Crippen molar-refractivity contribution in [2.45, 2.75) is 38.8 Å². The average molecular weight is 360 g/mol. The van der Waals surface area contributed by atoms with E-state index < -0.39 is 18.0 Å². The normalized spacial score (nSPS) is 12.9. The van der Waals surface area contributed by atoms with Crippen LogP contribution in [-0.4, -0.2) is 37.2 Å². The topological polar surface area (TPSA) is 119 Å². The molecule has 0 aliphatic rings. The van der Waals surface area contributed by atoms with Gasteiger partial charge in [0, 0.05) is 13.1 Å². The number of hydrogen-bond donors (Lipinski definition) is 4. The van der Waals surface area contributed by atoms with E-state index in [0.717, 1.165) is 5.56 Å². The zero-order valence-corrected chi connectivity index (χ0v) is 15.3. The minimum atomic E-state index is -0.811. The summed E-state index contributed by atoms with van der Waals surface area (Å²) in [5.74, 6) is 2.44. The highest BCUT2D eigenvalue weighted by Crippen LogP contribution is 2.14. The van der Waals surface area contributed by atoms with Gasteiger partial charge in [-0.05, 0) is 30.0 Å². The van der Waals surface area contributed by atoms with Crippen molar-refractivity contribution in [3.63, 3.8) is 0 Å². The predicted octanol–water partition coefficient (Wildman–Crippen LogP) is 0.132. The Morgan fingerprint density at radius 1 is 1.23 bits per heavy atom. The summed E-state index contributed by atoms with van der Waals surface area (Å²) in [6.45, 7) is 4.37. The summed E-state index contributed by atoms with van der Waals surface area (Å²) in [4.78, 5) is 24.2. The maximum Gasteiger partial charge on any atom is 0.240 e. The van der Waals surface area contributed by atoms with E-state index in [9.17, 15) is 9.59 Å². The Labute approximate surface area is 154 Å². The van der Waals surface area contributed by atoms with Crippen LogP contribution in [0.5, 0.6) is 5.75 Å². The van der Waals surface area contributed by atoms with Gasteiger partial charge in [0.15, 0.2) is 0 Å². The van der Waals surface area contributed by atoms with E-state index in [2.05, 4.69) is 16.6 Å². The maximum absolute atomic E-state index is 12.5. The second kappa shape index (κ2) is 11.1. The smallest absolute Gasteiger partial charge is 0.240 e. The molecule has 1 aromatic carbocycles. The van der Waals surface area contributed by atoms with E-state index in [1.807, 2.05) is 13.8 Å². The van der Waals surface area contributed by atoms with Crippen molar-refractivity contribution in [1.82, 2.24) is 10.6 Å². The third kappa shape index (κ3) is 7.55. The molecule has 0 saturated carbocycles. The third-order valence-electron chi connectivity index (χ3n) is 3.73. The van der Waals surface area contributed by atoms with E-state index in [1.165, 1.54) is 0 Å². The lowest BCUT2D eigenvalue weighted by molar-refractivity contribution is -0.128. The summed E-state index contributed by atoms with van der Waals surface area (Å²) >= 11 is 0. The van der Waals surface area contributed by atoms with Crippen molar-refractivity contribution in [2.24, 2.45) is 17.4 Å². The first-order valence-corrected chi connectivity index (χ1v) is 8.55. The first-order valence-electron chi connectivity index (χ1n) is 8.55. The minimum Gasteiger partial charge on any atom is -0.481 e. The molecular formula is C19H28N4O3. The quantitative estimate of drug-likeness (QED) is 0.330. The number of nitrogens with one attached hydrogen (secondary N) is 2. The lowest BCUT2D eigenvalue weighted by Crippen LogP contribution is -2.53. The Morgan fingerprint density at radius 2 is 1.88 bits per heavy atom. The fourth-order valence-electron chi connectivity index (χ4n) is 2.47. The van der Waals surface area contributed by atoms with Crippen LogP contribution in [0.2, 0.25) is 0 Å². The van der Waals surface area contributed by atoms with Gasteiger partial charge in [-0.3, -0.25) is 14.9 Å². The molecule has 0 aromatic heterocycles. The van der Waals surface area contributed by atoms with Gasteiger partial charge in [0.2, 0.25) is 11.8 Å². The molecule has 0 heterocycles. The Morgan fingerprint density at radius 3 is 2.38 bits per heavy atom. The van der Waals surface area contributed by atoms with Crippen LogP contribution >= 0.6 is 0 Å². The Balaban J connectivity index is 2.74. The molecule has 0 aliphatic carbocycles. The fraction of sp³-hybridized carbons (Fsp3) is 0.474. The molecule has 0 aliphatic heterocycles. The Kier molecular flexibility index (Phi) is 9.20. The largest absolute Gasteiger partial charge is 0.481 e. The molecule has 0 bridgehead atoms. The summed E-state index contributed by atoms with van der Waals surface area (Å²) in [5.41, 5.74) is 11.8. The molecule has 6 N–H and O–H groups in total. The number of primary amides is 1. The molecule has 7 nitrogen and oxygen atoms in total. The molecule has 7 heteroatoms. The van der Waals surface area contributed by atoms with E-state index in [4.69, 9.17) is 22.6 Å². The van der Waals surface area contributed by atoms with Crippen LogP contribution < -0.4 is 26.8 Å². The number of benzene rings is 1. The van der Waals surface area contributed by atoms with Crippen LogP contribution in [0.3, 0.4) is 0 Å². The highest BCUT2D eigenvalue weighted by molar-refractivity contribution is 5.89. The number of rotatable bonds is 11. The molecule has 26 heavy (non-hydrogen) atoms. The summed E-state index contributed by atoms with van der Waals surface area (Å²) in [6, 6.07) is 5.83. The van der Waals surface area contributed by atoms with E-state index in [0.29, 0.717) is 18.1 Å². The van der Waals surface area contributed by atoms with Gasteiger partial charge in [-0.2, -0.15) is 0 Å². The highest BCUT2D eigenvalue weighted by atomic mass is 16.5. The van der Waals surface area contributed by atoms with E-state index in [1.54, 1.807) is 24.3 Å². The highest BCUT2D eigenvalue weighted by Gasteiger charge is 2.24. The first kappa shape index (κ1) is 21.5. The van der Waals surface area contributed by atoms with Gasteiger partial charge < -0.3 is 21.5 Å². The zero-order valence-electron chi connectivity index (χ0n) is 15.3. The number of nitrogens with two attached hydrogens (primary N) is 2. The standard InChI is InChI=1S/C19H28N4O3/c1-4-9-26-15-7-5-14(6-8-15)11-16(18(21)24)23-19(25)17(22-12-20)10-13(2)3/h1,5-8,13,16-17,22H,9-12,20H2,2-3H3,(H2,21,24)(H,23,25)/t16-,17-/m0/s1. The monoisotopic (exact) mass is 360 g/mol. The second-order valence-corrected chi connectivity index (χ2v) is 6.39. The number of terminal acetylenes is 1. The molecule has 1 aromatic rings. The molecular weight excluding hydrogens is 332 g/mol. The molecule has 0 unspecified atom stereocenters. The molecule has 0 fully saturated rings. The number of carbonyl (C=O) groups excluding carboxylic acids is 2. The van der Waals surface area contributed by atoms with E-state index in [-0.39, 0.29) is 25.6 Å². The Hall–Kier alpha value is -2.56. The first-order chi connectivity index (χ1) is 12.4. The average Bonchev–Trinajstić information content (AvgIpc) is 2.59. The van der Waals surface area contributed by atoms with Crippen molar-refractivity contribution < 1.29 is 14.3 Å². The lowest BCUT2D eigenvalue weighted by atomic mass is 10.0. The van der Waals surface area contributed by atoms with Gasteiger partial charge in [0.05, 0.1) is 6.04 Å². The lowest BCUT2D eigenvalue weighted by Gasteiger charge is -2.22. The fourth-order valence-corrected chi connectivity index (χ4v) is 2.47. The van der Waals surface area contributed by atoms with Crippen LogP contribution in [0.1, 0.15) is 25.8 Å². The summed E-state index contributed by atoms with van der Waals surface area (Å²) in [6.07, 6.45) is 6.04. The summed E-state index contributed by atoms with van der Waals surface area (Å²) in [7, 11) is 0. The van der Waals surface area contributed by atoms with Crippen LogP contribution in [0.15, 0.2) is 24.3 Å². The van der Waals surface area contributed by atoms with Gasteiger partial charge >= 0.3 is 0 Å². The Bertz CT molecular complexity index is 623. The van der Waals surface area contributed by atoms with Crippen LogP contribution in [0, 0.1) is 18.3 Å². The van der Waals surface area contributed by atoms with Gasteiger partial charge in [0.25, 0.3) is 0 Å². The number of ether oxygens (including phenoxy) is 1. The molecule has 2 atom stereocenters. The van der Waals surface area contributed by atoms with Crippen molar-refractivity contribution in [3.8, 4) is 18.1 Å². The number of hydrogen-bond acceptors (Lipinski definition) is 5. The predicted molar refractivity (Wildman–Crippen MR) is 101 cm³/mol. The van der Waals surface area contributed by atoms with Crippen molar-refractivity contribution in [1.29, 1.82) is 0 Å². The molecule has 0 radical (unpaired) electrons. The number of carbonyl (C=O) groups is 2. The summed E-state index contributed by atoms with van der Waals surface area (Å²) in [5, 5.41) is 5.64. The molecule has 2 amide bonds. The summed E-state index contributed by atoms with van der Waals surface area (Å²) < 4.78 is 5.30. The molecule has 0 saturated heterocycles. The van der Waals surface area contributed by atoms with Crippen molar-refractivity contribution >= 4 is 11.8 Å². The molecule has 0 spiro atoms. The van der Waals surface area contributed by atoms with Gasteiger partial charge in [-0.15, -0.1) is 6.42 Å². The van der Waals surface area contributed by atoms with Crippen LogP contribution in [-0.2, 0) is 16.0 Å². The molecule has 142 valence electrons. The SMILES string of the molecule is C#CCOc1ccc(C[C@H](NC(=O)[C@H](CC(C)C)NCN)C(N)=O)cc1. The minimum absolute atomic E-state index is 0.172. The van der Waals surface area contributed by atoms with Gasteiger partial charge in [0.1, 0.15) is 18.4 Å². The van der Waals surface area contributed by atoms with E-state index >= 15 is 0 Å². The third-order valence-corrected chi connectivity index (χ3v) is 3.73. The zero-order chi connectivity index (χ0) is 19.5. The van der Waals surface area contributed by atoms with Crippen molar-refractivity contribution in [3.05, 3.63) is 29.8 Å². The van der Waals surface area contributed by atoms with Crippen LogP contribution in [0.25, 0.3) is 0 Å². The van der Waals surface area contributed by atoms with Gasteiger partial charge in [-0.1, -0.05) is 31.9 Å². The van der Waals surface area contributed by atoms with Crippen LogP contribution in [0.4, 0.5) is 0 Å². The number of amides is 2. The maximum atomic E-state index is 12.5. The van der Waals surface area contributed by atoms with Gasteiger partial charge in [-0.25, -0.2) is 0 Å². The van der Waals surface area contributed by atoms with Crippen molar-refractivity contribution in [2.75, 3.05) is 13.3 Å². The molecule has 1 rings (SSSR count). The second-order valence-electron chi connectivity index (χ2n) is 6.39.